The Morgan fingerprint density at radius 3 is 2.71 bits per heavy atom. The summed E-state index contributed by atoms with van der Waals surface area (Å²) in [4.78, 5) is 17.5. The van der Waals surface area contributed by atoms with Gasteiger partial charge in [-0.3, -0.25) is 0 Å². The predicted octanol–water partition coefficient (Wildman–Crippen LogP) is 5.07. The summed E-state index contributed by atoms with van der Waals surface area (Å²) in [7, 11) is 0. The number of aromatic nitrogens is 3. The third-order valence-corrected chi connectivity index (χ3v) is 5.70. The monoisotopic (exact) mass is 420 g/mol. The molecule has 0 radical (unpaired) electrons. The quantitative estimate of drug-likeness (QED) is 0.365. The average Bonchev–Trinajstić information content (AvgIpc) is 3.08. The topological polar surface area (TPSA) is 69.0 Å². The van der Waals surface area contributed by atoms with Crippen molar-refractivity contribution in [2.75, 3.05) is 17.7 Å². The number of carbonyl (C=O) groups excluding carboxylic acids is 1. The van der Waals surface area contributed by atoms with Gasteiger partial charge in [0.1, 0.15) is 6.04 Å². The summed E-state index contributed by atoms with van der Waals surface area (Å²) < 4.78 is 7.29. The number of hydrogen-bond acceptors (Lipinski definition) is 6. The van der Waals surface area contributed by atoms with E-state index >= 15 is 0 Å². The van der Waals surface area contributed by atoms with Gasteiger partial charge in [0.05, 0.1) is 12.2 Å². The highest BCUT2D eigenvalue weighted by Crippen LogP contribution is 2.37. The Hall–Kier alpha value is -1.99. The van der Waals surface area contributed by atoms with Gasteiger partial charge in [0.25, 0.3) is 0 Å². The highest BCUT2D eigenvalue weighted by atomic mass is 35.5. The Bertz CT molecular complexity index is 864. The Kier molecular flexibility index (Phi) is 7.02. The number of halogens is 1. The van der Waals surface area contributed by atoms with Crippen molar-refractivity contribution in [1.29, 1.82) is 0 Å². The molecule has 6 nitrogen and oxygen atoms in total. The maximum atomic E-state index is 12.9. The first-order chi connectivity index (χ1) is 13.5. The normalized spacial score (nSPS) is 15.9. The lowest BCUT2D eigenvalue weighted by atomic mass is 9.96. The standard InChI is InChI=1S/C20H25ClN4O2S/c1-4-6-11-27-18(26)16-13(3)22-19-23-20(28-12-5-2)24-25(19)17(16)14-7-9-15(21)10-8-14/h7-10,17H,4-6,11-12H2,1-3H3,(H,22,23,24). The van der Waals surface area contributed by atoms with Gasteiger partial charge in [0.2, 0.25) is 11.1 Å². The number of nitrogens with one attached hydrogen (secondary N) is 1. The van der Waals surface area contributed by atoms with E-state index in [4.69, 9.17) is 16.3 Å². The van der Waals surface area contributed by atoms with Crippen LogP contribution in [0.3, 0.4) is 0 Å². The number of nitrogens with zero attached hydrogens (tertiary/aromatic N) is 3. The van der Waals surface area contributed by atoms with Gasteiger partial charge in [0.15, 0.2) is 0 Å². The van der Waals surface area contributed by atoms with Gasteiger partial charge >= 0.3 is 5.97 Å². The highest BCUT2D eigenvalue weighted by molar-refractivity contribution is 7.99. The van der Waals surface area contributed by atoms with Crippen LogP contribution in [0.2, 0.25) is 5.02 Å². The number of esters is 1. The zero-order valence-electron chi connectivity index (χ0n) is 16.4. The predicted molar refractivity (Wildman–Crippen MR) is 113 cm³/mol. The molecular formula is C20H25ClN4O2S. The molecule has 0 saturated carbocycles. The maximum Gasteiger partial charge on any atom is 0.338 e. The van der Waals surface area contributed by atoms with Gasteiger partial charge in [-0.25, -0.2) is 9.48 Å². The Morgan fingerprint density at radius 2 is 2.04 bits per heavy atom. The second-order valence-corrected chi connectivity index (χ2v) is 8.12. The third kappa shape index (κ3) is 4.52. The van der Waals surface area contributed by atoms with Gasteiger partial charge in [-0.05, 0) is 37.5 Å². The Labute approximate surface area is 174 Å². The molecular weight excluding hydrogens is 396 g/mol. The van der Waals surface area contributed by atoms with Crippen molar-refractivity contribution in [2.45, 2.75) is 51.2 Å². The van der Waals surface area contributed by atoms with Gasteiger partial charge in [-0.1, -0.05) is 55.8 Å². The minimum Gasteiger partial charge on any atom is -0.462 e. The first-order valence-corrected chi connectivity index (χ1v) is 10.9. The summed E-state index contributed by atoms with van der Waals surface area (Å²) in [6, 6.07) is 7.05. The third-order valence-electron chi connectivity index (χ3n) is 4.41. The lowest BCUT2D eigenvalue weighted by molar-refractivity contribution is -0.139. The van der Waals surface area contributed by atoms with E-state index in [1.807, 2.05) is 31.2 Å². The summed E-state index contributed by atoms with van der Waals surface area (Å²) >= 11 is 7.67. The van der Waals surface area contributed by atoms with Crippen LogP contribution in [-0.2, 0) is 9.53 Å². The van der Waals surface area contributed by atoms with E-state index in [9.17, 15) is 4.79 Å². The number of hydrogen-bond donors (Lipinski definition) is 1. The van der Waals surface area contributed by atoms with E-state index in [1.165, 1.54) is 0 Å². The summed E-state index contributed by atoms with van der Waals surface area (Å²) in [5.41, 5.74) is 2.18. The molecule has 1 unspecified atom stereocenters. The molecule has 1 aliphatic rings. The molecule has 2 heterocycles. The van der Waals surface area contributed by atoms with Crippen LogP contribution in [0, 0.1) is 0 Å². The van der Waals surface area contributed by atoms with Crippen molar-refractivity contribution in [3.63, 3.8) is 0 Å². The van der Waals surface area contributed by atoms with Crippen LogP contribution in [0.15, 0.2) is 40.7 Å². The number of benzene rings is 1. The summed E-state index contributed by atoms with van der Waals surface area (Å²) in [6.07, 6.45) is 2.84. The van der Waals surface area contributed by atoms with Crippen LogP contribution >= 0.6 is 23.4 Å². The van der Waals surface area contributed by atoms with Crippen molar-refractivity contribution in [3.05, 3.63) is 46.1 Å². The Balaban J connectivity index is 2.00. The number of anilines is 1. The van der Waals surface area contributed by atoms with E-state index in [0.717, 1.165) is 36.3 Å². The molecule has 150 valence electrons. The van der Waals surface area contributed by atoms with Gasteiger partial charge < -0.3 is 10.1 Å². The highest BCUT2D eigenvalue weighted by Gasteiger charge is 2.35. The molecule has 3 rings (SSSR count). The van der Waals surface area contributed by atoms with Crippen molar-refractivity contribution in [3.8, 4) is 0 Å². The lowest BCUT2D eigenvalue weighted by Gasteiger charge is -2.28. The zero-order valence-corrected chi connectivity index (χ0v) is 17.9. The molecule has 1 aliphatic heterocycles. The fourth-order valence-corrected chi connectivity index (χ4v) is 3.80. The first kappa shape index (κ1) is 20.7. The van der Waals surface area contributed by atoms with Gasteiger partial charge in [0, 0.05) is 16.5 Å². The minimum absolute atomic E-state index is 0.331. The number of thioether (sulfide) groups is 1. The lowest BCUT2D eigenvalue weighted by Crippen LogP contribution is -2.29. The second kappa shape index (κ2) is 9.47. The van der Waals surface area contributed by atoms with E-state index in [2.05, 4.69) is 29.2 Å². The average molecular weight is 421 g/mol. The van der Waals surface area contributed by atoms with Crippen molar-refractivity contribution in [1.82, 2.24) is 14.8 Å². The van der Waals surface area contributed by atoms with Crippen LogP contribution in [0.25, 0.3) is 0 Å². The number of ether oxygens (including phenoxy) is 1. The minimum atomic E-state index is -0.411. The molecule has 1 N–H and O–H groups in total. The van der Waals surface area contributed by atoms with Crippen LogP contribution in [-0.4, -0.2) is 33.1 Å². The fraction of sp³-hybridized carbons (Fsp3) is 0.450. The molecule has 0 bridgehead atoms. The van der Waals surface area contributed by atoms with Crippen molar-refractivity contribution >= 4 is 35.3 Å². The first-order valence-electron chi connectivity index (χ1n) is 9.54. The van der Waals surface area contributed by atoms with Crippen LogP contribution in [0.1, 0.15) is 51.6 Å². The number of rotatable bonds is 8. The maximum absolute atomic E-state index is 12.9. The van der Waals surface area contributed by atoms with Crippen LogP contribution in [0.4, 0.5) is 5.95 Å². The smallest absolute Gasteiger partial charge is 0.338 e. The summed E-state index contributed by atoms with van der Waals surface area (Å²) in [5.74, 6) is 1.23. The molecule has 28 heavy (non-hydrogen) atoms. The molecule has 0 aliphatic carbocycles. The number of carbonyl (C=O) groups is 1. The number of allylic oxidation sites excluding steroid dienone is 1. The van der Waals surface area contributed by atoms with Crippen molar-refractivity contribution in [2.24, 2.45) is 0 Å². The molecule has 0 fully saturated rings. The van der Waals surface area contributed by atoms with E-state index in [0.29, 0.717) is 28.3 Å². The number of fused-ring (bicyclic) bond motifs is 1. The molecule has 0 spiro atoms. The van der Waals surface area contributed by atoms with E-state index in [1.54, 1.807) is 16.4 Å². The Morgan fingerprint density at radius 1 is 1.29 bits per heavy atom. The summed E-state index contributed by atoms with van der Waals surface area (Å²) in [6.45, 7) is 6.46. The largest absolute Gasteiger partial charge is 0.462 e. The van der Waals surface area contributed by atoms with Crippen molar-refractivity contribution < 1.29 is 9.53 Å². The molecule has 0 saturated heterocycles. The van der Waals surface area contributed by atoms with E-state index < -0.39 is 6.04 Å². The van der Waals surface area contributed by atoms with Crippen LogP contribution < -0.4 is 5.32 Å². The molecule has 1 aromatic heterocycles. The molecule has 0 amide bonds. The molecule has 1 atom stereocenters. The molecule has 8 heteroatoms. The van der Waals surface area contributed by atoms with Gasteiger partial charge in [-0.2, -0.15) is 4.98 Å². The molecule has 2 aromatic rings. The SMILES string of the molecule is CCCCOC(=O)C1=C(C)Nc2nc(SCCC)nn2C1c1ccc(Cl)cc1. The number of unbranched alkanes of at least 4 members (excludes halogenated alkanes) is 1. The van der Waals surface area contributed by atoms with Gasteiger partial charge in [-0.15, -0.1) is 5.10 Å². The molecule has 1 aromatic carbocycles. The summed E-state index contributed by atoms with van der Waals surface area (Å²) in [5, 5.41) is 9.21. The second-order valence-electron chi connectivity index (χ2n) is 6.62. The van der Waals surface area contributed by atoms with E-state index in [-0.39, 0.29) is 5.97 Å². The van der Waals surface area contributed by atoms with Crippen LogP contribution in [0.5, 0.6) is 0 Å². The zero-order chi connectivity index (χ0) is 20.1. The fourth-order valence-electron chi connectivity index (χ4n) is 2.99.